The maximum Gasteiger partial charge on any atom is 0.335 e. The van der Waals surface area contributed by atoms with Gasteiger partial charge in [0.05, 0.1) is 10.9 Å². The monoisotopic (exact) mass is 406 g/mol. The predicted molar refractivity (Wildman–Crippen MR) is 113 cm³/mol. The number of carboxylic acids is 1. The summed E-state index contributed by atoms with van der Waals surface area (Å²) in [6.07, 6.45) is 3.12. The quantitative estimate of drug-likeness (QED) is 0.413. The summed E-state index contributed by atoms with van der Waals surface area (Å²) in [5, 5.41) is 14.0. The van der Waals surface area contributed by atoms with Crippen LogP contribution in [0.25, 0.3) is 11.0 Å². The Morgan fingerprint density at radius 3 is 2.62 bits per heavy atom. The van der Waals surface area contributed by atoms with E-state index in [0.717, 1.165) is 46.5 Å². The van der Waals surface area contributed by atoms with Crippen LogP contribution in [0.15, 0.2) is 60.9 Å². The fraction of sp³-hybridized carbons (Fsp3) is 0.136. The highest BCUT2D eigenvalue weighted by molar-refractivity contribution is 6.30. The van der Waals surface area contributed by atoms with Crippen molar-refractivity contribution in [2.75, 3.05) is 5.32 Å². The summed E-state index contributed by atoms with van der Waals surface area (Å²) in [6, 6.07) is 16.7. The summed E-state index contributed by atoms with van der Waals surface area (Å²) in [6.45, 7) is 0.614. The third-order valence-electron chi connectivity index (χ3n) is 4.71. The van der Waals surface area contributed by atoms with E-state index in [-0.39, 0.29) is 0 Å². The highest BCUT2D eigenvalue weighted by Gasteiger charge is 2.09. The molecule has 2 aromatic carbocycles. The normalized spacial score (nSPS) is 10.9. The van der Waals surface area contributed by atoms with Crippen LogP contribution >= 0.6 is 11.6 Å². The van der Waals surface area contributed by atoms with E-state index in [9.17, 15) is 4.79 Å². The number of hydrogen-bond donors (Lipinski definition) is 3. The van der Waals surface area contributed by atoms with Crippen molar-refractivity contribution >= 4 is 34.4 Å². The van der Waals surface area contributed by atoms with Crippen LogP contribution in [-0.2, 0) is 19.4 Å². The number of carbonyl (C=O) groups is 1. The fourth-order valence-electron chi connectivity index (χ4n) is 3.20. The van der Waals surface area contributed by atoms with E-state index in [2.05, 4.69) is 26.3 Å². The lowest BCUT2D eigenvalue weighted by Crippen LogP contribution is -2.02. The Hall–Kier alpha value is -3.38. The van der Waals surface area contributed by atoms with Crippen LogP contribution in [0, 0.1) is 0 Å². The molecule has 2 heterocycles. The topological polar surface area (TPSA) is 90.9 Å². The molecule has 0 bridgehead atoms. The molecule has 0 aliphatic rings. The molecule has 0 aliphatic carbocycles. The Labute approximate surface area is 172 Å². The van der Waals surface area contributed by atoms with Crippen LogP contribution in [0.3, 0.4) is 0 Å². The molecule has 146 valence electrons. The molecule has 2 aromatic heterocycles. The molecular weight excluding hydrogens is 388 g/mol. The number of H-pyrrole nitrogens is 1. The smallest absolute Gasteiger partial charge is 0.335 e. The second-order valence-electron chi connectivity index (χ2n) is 6.76. The van der Waals surface area contributed by atoms with E-state index in [1.165, 1.54) is 6.33 Å². The predicted octanol–water partition coefficient (Wildman–Crippen LogP) is 4.71. The zero-order valence-corrected chi connectivity index (χ0v) is 16.3. The standard InChI is InChI=1S/C22H19ClN4O2/c23-17-3-1-2-15(10-17)12-24-20-19-11-18(27-21(19)26-13-25-20)9-6-14-4-7-16(8-5-14)22(28)29/h1-5,7-8,10-11,13H,6,9,12H2,(H,28,29)(H2,24,25,26,27). The van der Waals surface area contributed by atoms with Crippen molar-refractivity contribution in [1.82, 2.24) is 15.0 Å². The first-order valence-corrected chi connectivity index (χ1v) is 9.59. The molecule has 4 rings (SSSR count). The Kier molecular flexibility index (Phi) is 5.44. The van der Waals surface area contributed by atoms with Gasteiger partial charge in [-0.3, -0.25) is 0 Å². The lowest BCUT2D eigenvalue weighted by molar-refractivity contribution is 0.0697. The van der Waals surface area contributed by atoms with E-state index >= 15 is 0 Å². The van der Waals surface area contributed by atoms with Crippen molar-refractivity contribution in [2.24, 2.45) is 0 Å². The summed E-state index contributed by atoms with van der Waals surface area (Å²) >= 11 is 6.05. The second-order valence-corrected chi connectivity index (χ2v) is 7.20. The fourth-order valence-corrected chi connectivity index (χ4v) is 3.41. The molecule has 0 radical (unpaired) electrons. The summed E-state index contributed by atoms with van der Waals surface area (Å²) < 4.78 is 0. The van der Waals surface area contributed by atoms with Gasteiger partial charge >= 0.3 is 5.97 Å². The van der Waals surface area contributed by atoms with Crippen molar-refractivity contribution in [2.45, 2.75) is 19.4 Å². The minimum atomic E-state index is -0.913. The van der Waals surface area contributed by atoms with Crippen LogP contribution in [0.5, 0.6) is 0 Å². The van der Waals surface area contributed by atoms with Crippen molar-refractivity contribution in [3.8, 4) is 0 Å². The third-order valence-corrected chi connectivity index (χ3v) is 4.95. The Bertz CT molecular complexity index is 1160. The average molecular weight is 407 g/mol. The van der Waals surface area contributed by atoms with Gasteiger partial charge in [-0.25, -0.2) is 14.8 Å². The number of halogens is 1. The van der Waals surface area contributed by atoms with Crippen LogP contribution in [-0.4, -0.2) is 26.0 Å². The van der Waals surface area contributed by atoms with E-state index < -0.39 is 5.97 Å². The number of aromatic carboxylic acids is 1. The van der Waals surface area contributed by atoms with E-state index in [4.69, 9.17) is 16.7 Å². The van der Waals surface area contributed by atoms with Crippen LogP contribution in [0.4, 0.5) is 5.82 Å². The van der Waals surface area contributed by atoms with E-state index in [0.29, 0.717) is 17.1 Å². The molecule has 6 nitrogen and oxygen atoms in total. The van der Waals surface area contributed by atoms with Crippen LogP contribution in [0.1, 0.15) is 27.2 Å². The zero-order valence-electron chi connectivity index (χ0n) is 15.5. The molecule has 0 unspecified atom stereocenters. The highest BCUT2D eigenvalue weighted by atomic mass is 35.5. The van der Waals surface area contributed by atoms with Gasteiger partial charge in [-0.1, -0.05) is 35.9 Å². The minimum absolute atomic E-state index is 0.296. The van der Waals surface area contributed by atoms with Gasteiger partial charge < -0.3 is 15.4 Å². The lowest BCUT2D eigenvalue weighted by Gasteiger charge is -2.06. The van der Waals surface area contributed by atoms with Crippen LogP contribution in [0.2, 0.25) is 5.02 Å². The molecule has 0 saturated carbocycles. The molecule has 0 saturated heterocycles. The number of aromatic amines is 1. The molecule has 0 aliphatic heterocycles. The molecular formula is C22H19ClN4O2. The molecule has 0 spiro atoms. The molecule has 7 heteroatoms. The van der Waals surface area contributed by atoms with Gasteiger partial charge in [-0.2, -0.15) is 0 Å². The van der Waals surface area contributed by atoms with E-state index in [1.807, 2.05) is 36.4 Å². The minimum Gasteiger partial charge on any atom is -0.478 e. The van der Waals surface area contributed by atoms with Crippen molar-refractivity contribution in [1.29, 1.82) is 0 Å². The first-order valence-electron chi connectivity index (χ1n) is 9.21. The summed E-state index contributed by atoms with van der Waals surface area (Å²) in [7, 11) is 0. The first kappa shape index (κ1) is 19.0. The Morgan fingerprint density at radius 2 is 1.86 bits per heavy atom. The van der Waals surface area contributed by atoms with Gasteiger partial charge in [0.15, 0.2) is 0 Å². The Balaban J connectivity index is 1.46. The number of carboxylic acid groups (broad SMARTS) is 1. The number of rotatable bonds is 7. The highest BCUT2D eigenvalue weighted by Crippen LogP contribution is 2.22. The third kappa shape index (κ3) is 4.55. The van der Waals surface area contributed by atoms with Gasteiger partial charge in [0.1, 0.15) is 17.8 Å². The largest absolute Gasteiger partial charge is 0.478 e. The number of benzene rings is 2. The van der Waals surface area contributed by atoms with Crippen molar-refractivity contribution in [3.05, 3.63) is 88.3 Å². The number of nitrogens with zero attached hydrogens (tertiary/aromatic N) is 2. The molecule has 3 N–H and O–H groups in total. The summed E-state index contributed by atoms with van der Waals surface area (Å²) in [5.74, 6) is -0.146. The molecule has 29 heavy (non-hydrogen) atoms. The Morgan fingerprint density at radius 1 is 1.03 bits per heavy atom. The van der Waals surface area contributed by atoms with E-state index in [1.54, 1.807) is 12.1 Å². The summed E-state index contributed by atoms with van der Waals surface area (Å²) in [4.78, 5) is 23.0. The second kappa shape index (κ2) is 8.32. The molecule has 0 atom stereocenters. The van der Waals surface area contributed by atoms with Crippen molar-refractivity contribution < 1.29 is 9.90 Å². The van der Waals surface area contributed by atoms with Crippen LogP contribution < -0.4 is 5.32 Å². The summed E-state index contributed by atoms with van der Waals surface area (Å²) in [5.41, 5.74) is 4.28. The first-order chi connectivity index (χ1) is 14.1. The maximum atomic E-state index is 11.0. The number of aromatic nitrogens is 3. The average Bonchev–Trinajstić information content (AvgIpc) is 3.15. The van der Waals surface area contributed by atoms with Gasteiger partial charge in [0, 0.05) is 17.3 Å². The number of anilines is 1. The SMILES string of the molecule is O=C(O)c1ccc(CCc2cc3c(NCc4cccc(Cl)c4)ncnc3[nH]2)cc1. The van der Waals surface area contributed by atoms with Gasteiger partial charge in [0.25, 0.3) is 0 Å². The van der Waals surface area contributed by atoms with Gasteiger partial charge in [0.2, 0.25) is 0 Å². The molecule has 0 fully saturated rings. The van der Waals surface area contributed by atoms with Crippen molar-refractivity contribution in [3.63, 3.8) is 0 Å². The molecule has 4 aromatic rings. The number of aryl methyl sites for hydroxylation is 2. The lowest BCUT2D eigenvalue weighted by atomic mass is 10.1. The maximum absolute atomic E-state index is 11.0. The number of nitrogens with one attached hydrogen (secondary N) is 2. The zero-order chi connectivity index (χ0) is 20.2. The van der Waals surface area contributed by atoms with Gasteiger partial charge in [-0.15, -0.1) is 0 Å². The van der Waals surface area contributed by atoms with Gasteiger partial charge in [-0.05, 0) is 54.3 Å². The molecule has 0 amide bonds. The number of hydrogen-bond acceptors (Lipinski definition) is 4. The number of fused-ring (bicyclic) bond motifs is 1.